The minimum absolute atomic E-state index is 0.329. The summed E-state index contributed by atoms with van der Waals surface area (Å²) in [6.45, 7) is 12.8. The Balaban J connectivity index is 1.30. The second-order valence-electron chi connectivity index (χ2n) is 11.5. The highest BCUT2D eigenvalue weighted by Crippen LogP contribution is 2.45. The van der Waals surface area contributed by atoms with E-state index in [9.17, 15) is 0 Å². The van der Waals surface area contributed by atoms with Gasteiger partial charge in [-0.2, -0.15) is 0 Å². The van der Waals surface area contributed by atoms with E-state index in [-0.39, 0.29) is 0 Å². The fourth-order valence-electron chi connectivity index (χ4n) is 7.08. The zero-order valence-electron chi connectivity index (χ0n) is 24.0. The number of likely N-dealkylation sites (N-methyl/N-ethyl adjacent to an activating group) is 1. The summed E-state index contributed by atoms with van der Waals surface area (Å²) in [5, 5.41) is 8.09. The van der Waals surface area contributed by atoms with Crippen molar-refractivity contribution in [1.29, 1.82) is 0 Å². The second kappa shape index (κ2) is 10.8. The fourth-order valence-corrected chi connectivity index (χ4v) is 7.08. The molecule has 0 fully saturated rings. The summed E-state index contributed by atoms with van der Waals surface area (Å²) in [5.41, 5.74) is 4.91. The summed E-state index contributed by atoms with van der Waals surface area (Å²) >= 11 is 0. The lowest BCUT2D eigenvalue weighted by Crippen LogP contribution is -2.29. The van der Waals surface area contributed by atoms with Crippen molar-refractivity contribution in [3.05, 3.63) is 145 Å². The Morgan fingerprint density at radius 2 is 1.50 bits per heavy atom. The number of benzene rings is 4. The molecule has 0 bridgehead atoms. The third-order valence-electron chi connectivity index (χ3n) is 9.20. The fraction of sp³-hybridized carbons (Fsp3) is 0.231. The Bertz CT molecular complexity index is 1740. The maximum absolute atomic E-state index is 4.52. The van der Waals surface area contributed by atoms with Crippen LogP contribution in [0.15, 0.2) is 139 Å². The summed E-state index contributed by atoms with van der Waals surface area (Å²) in [4.78, 5) is 2.22. The third-order valence-corrected chi connectivity index (χ3v) is 9.20. The molecule has 4 unspecified atom stereocenters. The molecule has 0 saturated carbocycles. The lowest BCUT2D eigenvalue weighted by atomic mass is 9.69. The van der Waals surface area contributed by atoms with Crippen molar-refractivity contribution in [2.75, 3.05) is 7.05 Å². The third kappa shape index (κ3) is 4.54. The van der Waals surface area contributed by atoms with E-state index >= 15 is 0 Å². The summed E-state index contributed by atoms with van der Waals surface area (Å²) in [5.74, 6) is 1.83. The van der Waals surface area contributed by atoms with E-state index in [0.29, 0.717) is 23.7 Å². The number of nitrogens with zero attached hydrogens (tertiary/aromatic N) is 1. The molecule has 0 aromatic heterocycles. The van der Waals surface area contributed by atoms with E-state index in [4.69, 9.17) is 0 Å². The minimum atomic E-state index is 0.329. The van der Waals surface area contributed by atoms with E-state index in [1.165, 1.54) is 43.5 Å². The Morgan fingerprint density at radius 1 is 0.825 bits per heavy atom. The largest absolute Gasteiger partial charge is 0.348 e. The molecule has 0 saturated heterocycles. The number of rotatable bonds is 6. The average Bonchev–Trinajstić information content (AvgIpc) is 3.00. The first-order chi connectivity index (χ1) is 19.5. The van der Waals surface area contributed by atoms with Gasteiger partial charge < -0.3 is 4.90 Å². The van der Waals surface area contributed by atoms with Crippen molar-refractivity contribution in [2.24, 2.45) is 17.8 Å². The van der Waals surface area contributed by atoms with Gasteiger partial charge in [-0.3, -0.25) is 0 Å². The van der Waals surface area contributed by atoms with Gasteiger partial charge in [-0.25, -0.2) is 0 Å². The Morgan fingerprint density at radius 3 is 2.27 bits per heavy atom. The minimum Gasteiger partial charge on any atom is -0.348 e. The Hall–Kier alpha value is -4.10. The molecule has 0 aliphatic heterocycles. The van der Waals surface area contributed by atoms with E-state index in [1.54, 1.807) is 0 Å². The molecule has 4 atom stereocenters. The first kappa shape index (κ1) is 26.1. The van der Waals surface area contributed by atoms with Crippen LogP contribution < -0.4 is 0 Å². The Labute approximate surface area is 239 Å². The number of fused-ring (bicyclic) bond motifs is 6. The lowest BCUT2D eigenvalue weighted by molar-refractivity contribution is 0.323. The van der Waals surface area contributed by atoms with E-state index in [1.807, 2.05) is 6.08 Å². The highest BCUT2D eigenvalue weighted by molar-refractivity contribution is 6.21. The van der Waals surface area contributed by atoms with Gasteiger partial charge in [0.25, 0.3) is 0 Å². The molecule has 40 heavy (non-hydrogen) atoms. The first-order valence-corrected chi connectivity index (χ1v) is 14.6. The highest BCUT2D eigenvalue weighted by atomic mass is 15.1. The van der Waals surface area contributed by atoms with Crippen molar-refractivity contribution in [3.8, 4) is 0 Å². The lowest BCUT2D eigenvalue weighted by Gasteiger charge is -2.38. The van der Waals surface area contributed by atoms with Crippen LogP contribution in [0, 0.1) is 17.8 Å². The Kier molecular flexibility index (Phi) is 7.07. The predicted molar refractivity (Wildman–Crippen MR) is 174 cm³/mol. The summed E-state index contributed by atoms with van der Waals surface area (Å²) in [7, 11) is 2.12. The van der Waals surface area contributed by atoms with Crippen molar-refractivity contribution < 1.29 is 0 Å². The standard InChI is InChI=1S/C39H39N/c1-6-12-26(3)38(7-2)40(5)27(4)29-18-19-31-24-32(21-20-30(31)23-29)37-25-33-22-17-28-13-8-9-14-34(28)39(33)36-16-11-10-15-35(36)37/h6-22,25,29-32H,2,4,23-24H2,1,3,5H3/b12-6-,38-26+. The van der Waals surface area contributed by atoms with Crippen LogP contribution >= 0.6 is 0 Å². The second-order valence-corrected chi connectivity index (χ2v) is 11.5. The molecule has 0 radical (unpaired) electrons. The zero-order chi connectivity index (χ0) is 27.8. The molecule has 0 heterocycles. The maximum Gasteiger partial charge on any atom is 0.0429 e. The molecular weight excluding hydrogens is 482 g/mol. The quantitative estimate of drug-likeness (QED) is 0.139. The molecule has 4 aromatic carbocycles. The summed E-state index contributed by atoms with van der Waals surface area (Å²) in [6, 6.07) is 24.8. The van der Waals surface area contributed by atoms with Crippen LogP contribution in [0.25, 0.3) is 32.3 Å². The van der Waals surface area contributed by atoms with Crippen LogP contribution in [0.4, 0.5) is 0 Å². The average molecular weight is 522 g/mol. The highest BCUT2D eigenvalue weighted by Gasteiger charge is 2.32. The molecule has 0 N–H and O–H groups in total. The topological polar surface area (TPSA) is 3.24 Å². The SMILES string of the molecule is C=C/C(=C(C)\C=C/C)N(C)C(=C)C1C=CC2CC(c3cc4ccc5ccccc5c4c4ccccc34)C=CC2C1. The summed E-state index contributed by atoms with van der Waals surface area (Å²) in [6.07, 6.45) is 18.3. The molecule has 200 valence electrons. The molecule has 0 amide bonds. The van der Waals surface area contributed by atoms with E-state index < -0.39 is 0 Å². The maximum atomic E-state index is 4.52. The molecule has 4 aromatic rings. The van der Waals surface area contributed by atoms with Crippen molar-refractivity contribution in [3.63, 3.8) is 0 Å². The van der Waals surface area contributed by atoms with Crippen LogP contribution in [0.1, 0.15) is 38.2 Å². The van der Waals surface area contributed by atoms with Gasteiger partial charge in [-0.05, 0) is 94.1 Å². The van der Waals surface area contributed by atoms with Gasteiger partial charge in [0.1, 0.15) is 0 Å². The van der Waals surface area contributed by atoms with Crippen molar-refractivity contribution >= 4 is 32.3 Å². The summed E-state index contributed by atoms with van der Waals surface area (Å²) < 4.78 is 0. The number of hydrogen-bond acceptors (Lipinski definition) is 1. The molecule has 1 heteroatoms. The van der Waals surface area contributed by atoms with Crippen molar-refractivity contribution in [1.82, 2.24) is 4.90 Å². The molecule has 6 rings (SSSR count). The first-order valence-electron chi connectivity index (χ1n) is 14.6. The van der Waals surface area contributed by atoms with Crippen LogP contribution in [0.3, 0.4) is 0 Å². The van der Waals surface area contributed by atoms with Gasteiger partial charge in [-0.15, -0.1) is 0 Å². The monoisotopic (exact) mass is 521 g/mol. The normalized spacial score (nSPS) is 23.0. The molecule has 2 aliphatic rings. The number of allylic oxidation sites excluding steroid dienone is 8. The smallest absolute Gasteiger partial charge is 0.0429 e. The molecule has 2 aliphatic carbocycles. The molecular formula is C39H39N. The van der Waals surface area contributed by atoms with Crippen molar-refractivity contribution in [2.45, 2.75) is 32.6 Å². The van der Waals surface area contributed by atoms with Crippen LogP contribution in [0.2, 0.25) is 0 Å². The van der Waals surface area contributed by atoms with E-state index in [2.05, 4.69) is 142 Å². The van der Waals surface area contributed by atoms with Gasteiger partial charge in [-0.1, -0.05) is 110 Å². The van der Waals surface area contributed by atoms with E-state index in [0.717, 1.165) is 24.2 Å². The van der Waals surface area contributed by atoms with Gasteiger partial charge in [0, 0.05) is 30.3 Å². The van der Waals surface area contributed by atoms with Gasteiger partial charge in [0.15, 0.2) is 0 Å². The van der Waals surface area contributed by atoms with Gasteiger partial charge in [0.2, 0.25) is 0 Å². The van der Waals surface area contributed by atoms with Crippen LogP contribution in [-0.4, -0.2) is 11.9 Å². The predicted octanol–water partition coefficient (Wildman–Crippen LogP) is 10.5. The number of hydrogen-bond donors (Lipinski definition) is 0. The molecule has 0 spiro atoms. The van der Waals surface area contributed by atoms with Gasteiger partial charge in [0.05, 0.1) is 0 Å². The molecule has 1 nitrogen and oxygen atoms in total. The zero-order valence-corrected chi connectivity index (χ0v) is 24.0. The van der Waals surface area contributed by atoms with Crippen LogP contribution in [0.5, 0.6) is 0 Å². The van der Waals surface area contributed by atoms with Gasteiger partial charge >= 0.3 is 0 Å². The van der Waals surface area contributed by atoms with Crippen LogP contribution in [-0.2, 0) is 0 Å².